The summed E-state index contributed by atoms with van der Waals surface area (Å²) in [6.45, 7) is 0.936. The molecular weight excluding hydrogens is 384 g/mol. The van der Waals surface area contributed by atoms with Crippen LogP contribution in [0.15, 0.2) is 53.1 Å². The normalized spacial score (nSPS) is 17.0. The van der Waals surface area contributed by atoms with Gasteiger partial charge in [-0.2, -0.15) is 5.10 Å². The van der Waals surface area contributed by atoms with Gasteiger partial charge in [0.1, 0.15) is 11.5 Å². The molecule has 122 valence electrons. The minimum Gasteiger partial charge on any atom is -0.369 e. The number of aromatic nitrogens is 3. The standard InChI is InChI=1S/C18H17BrN4S/c1-23-18-15(16(22-23)14-4-2-3-9-20-14)17(24-11-10-21-18)12-5-7-13(19)8-6-12/h2-9,17,21H,10-11H2,1H3. The molecule has 4 nitrogen and oxygen atoms in total. The highest BCUT2D eigenvalue weighted by Gasteiger charge is 2.29. The lowest BCUT2D eigenvalue weighted by Crippen LogP contribution is -2.06. The Morgan fingerprint density at radius 1 is 1.21 bits per heavy atom. The Labute approximate surface area is 153 Å². The van der Waals surface area contributed by atoms with Crippen molar-refractivity contribution in [1.82, 2.24) is 14.8 Å². The summed E-state index contributed by atoms with van der Waals surface area (Å²) in [4.78, 5) is 4.52. The van der Waals surface area contributed by atoms with Crippen LogP contribution < -0.4 is 5.32 Å². The van der Waals surface area contributed by atoms with E-state index in [0.717, 1.165) is 34.0 Å². The van der Waals surface area contributed by atoms with Gasteiger partial charge in [-0.25, -0.2) is 0 Å². The summed E-state index contributed by atoms with van der Waals surface area (Å²) in [5, 5.41) is 8.55. The smallest absolute Gasteiger partial charge is 0.129 e. The third kappa shape index (κ3) is 2.84. The fourth-order valence-electron chi connectivity index (χ4n) is 3.02. The quantitative estimate of drug-likeness (QED) is 0.687. The SMILES string of the molecule is Cn1nc(-c2ccccn2)c2c1NCCSC2c1ccc(Br)cc1. The summed E-state index contributed by atoms with van der Waals surface area (Å²) < 4.78 is 3.04. The molecule has 0 aliphatic carbocycles. The average Bonchev–Trinajstić information content (AvgIpc) is 2.80. The number of hydrogen-bond donors (Lipinski definition) is 1. The fraction of sp³-hybridized carbons (Fsp3) is 0.222. The van der Waals surface area contributed by atoms with E-state index < -0.39 is 0 Å². The van der Waals surface area contributed by atoms with Gasteiger partial charge in [0.2, 0.25) is 0 Å². The third-order valence-electron chi connectivity index (χ3n) is 4.11. The van der Waals surface area contributed by atoms with Crippen molar-refractivity contribution in [2.75, 3.05) is 17.6 Å². The zero-order valence-electron chi connectivity index (χ0n) is 13.2. The van der Waals surface area contributed by atoms with Gasteiger partial charge in [0.05, 0.1) is 10.9 Å². The first-order chi connectivity index (χ1) is 11.7. The number of benzene rings is 1. The van der Waals surface area contributed by atoms with Crippen LogP contribution in [0, 0.1) is 0 Å². The highest BCUT2D eigenvalue weighted by Crippen LogP contribution is 2.45. The molecule has 0 fully saturated rings. The second kappa shape index (κ2) is 6.61. The molecule has 2 aromatic heterocycles. The molecular formula is C18H17BrN4S. The number of pyridine rings is 1. The summed E-state index contributed by atoms with van der Waals surface area (Å²) in [7, 11) is 1.99. The van der Waals surface area contributed by atoms with E-state index in [4.69, 9.17) is 5.10 Å². The summed E-state index contributed by atoms with van der Waals surface area (Å²) in [6, 6.07) is 14.5. The van der Waals surface area contributed by atoms with Crippen LogP contribution in [-0.4, -0.2) is 27.1 Å². The number of rotatable bonds is 2. The highest BCUT2D eigenvalue weighted by molar-refractivity contribution is 9.10. The first-order valence-corrected chi connectivity index (χ1v) is 9.67. The summed E-state index contributed by atoms with van der Waals surface area (Å²) in [6.07, 6.45) is 1.82. The van der Waals surface area contributed by atoms with E-state index in [1.54, 1.807) is 0 Å². The van der Waals surface area contributed by atoms with Gasteiger partial charge in [0, 0.05) is 35.6 Å². The molecule has 4 rings (SSSR count). The fourth-order valence-corrected chi connectivity index (χ4v) is 4.48. The maximum atomic E-state index is 4.77. The molecule has 1 aliphatic rings. The van der Waals surface area contributed by atoms with Crippen LogP contribution in [0.1, 0.15) is 16.4 Å². The lowest BCUT2D eigenvalue weighted by Gasteiger charge is -2.16. The average molecular weight is 401 g/mol. The van der Waals surface area contributed by atoms with Crippen molar-refractivity contribution in [2.24, 2.45) is 7.05 Å². The van der Waals surface area contributed by atoms with Gasteiger partial charge < -0.3 is 5.32 Å². The van der Waals surface area contributed by atoms with E-state index in [1.165, 1.54) is 11.1 Å². The van der Waals surface area contributed by atoms with Gasteiger partial charge in [-0.15, -0.1) is 11.8 Å². The highest BCUT2D eigenvalue weighted by atomic mass is 79.9. The summed E-state index contributed by atoms with van der Waals surface area (Å²) >= 11 is 5.48. The molecule has 0 amide bonds. The van der Waals surface area contributed by atoms with Gasteiger partial charge in [0.15, 0.2) is 0 Å². The van der Waals surface area contributed by atoms with Crippen LogP contribution in [0.4, 0.5) is 5.82 Å². The van der Waals surface area contributed by atoms with Crippen molar-refractivity contribution in [2.45, 2.75) is 5.25 Å². The molecule has 0 radical (unpaired) electrons. The molecule has 0 saturated carbocycles. The minimum atomic E-state index is 0.244. The largest absolute Gasteiger partial charge is 0.369 e. The van der Waals surface area contributed by atoms with Gasteiger partial charge in [-0.3, -0.25) is 9.67 Å². The second-order valence-electron chi connectivity index (χ2n) is 5.68. The number of anilines is 1. The number of nitrogens with zero attached hydrogens (tertiary/aromatic N) is 3. The van der Waals surface area contributed by atoms with E-state index in [1.807, 2.05) is 47.9 Å². The van der Waals surface area contributed by atoms with Crippen LogP contribution in [0.3, 0.4) is 0 Å². The van der Waals surface area contributed by atoms with Gasteiger partial charge in [-0.05, 0) is 29.8 Å². The Morgan fingerprint density at radius 3 is 2.79 bits per heavy atom. The van der Waals surface area contributed by atoms with Crippen LogP contribution in [0.5, 0.6) is 0 Å². The van der Waals surface area contributed by atoms with E-state index in [9.17, 15) is 0 Å². The first-order valence-electron chi connectivity index (χ1n) is 7.83. The molecule has 0 bridgehead atoms. The topological polar surface area (TPSA) is 42.7 Å². The van der Waals surface area contributed by atoms with Gasteiger partial charge >= 0.3 is 0 Å². The second-order valence-corrected chi connectivity index (χ2v) is 7.81. The van der Waals surface area contributed by atoms with E-state index in [0.29, 0.717) is 0 Å². The molecule has 0 spiro atoms. The van der Waals surface area contributed by atoms with E-state index in [2.05, 4.69) is 50.5 Å². The molecule has 1 aromatic carbocycles. The monoisotopic (exact) mass is 400 g/mol. The Balaban J connectivity index is 1.89. The Kier molecular flexibility index (Phi) is 4.33. The zero-order valence-corrected chi connectivity index (χ0v) is 15.6. The van der Waals surface area contributed by atoms with Gasteiger partial charge in [-0.1, -0.05) is 34.1 Å². The Bertz CT molecular complexity index is 845. The molecule has 1 aliphatic heterocycles. The van der Waals surface area contributed by atoms with Gasteiger partial charge in [0.25, 0.3) is 0 Å². The number of halogens is 1. The van der Waals surface area contributed by atoms with Crippen LogP contribution >= 0.6 is 27.7 Å². The van der Waals surface area contributed by atoms with E-state index in [-0.39, 0.29) is 5.25 Å². The number of nitrogens with one attached hydrogen (secondary N) is 1. The van der Waals surface area contributed by atoms with Crippen molar-refractivity contribution >= 4 is 33.5 Å². The molecule has 1 N–H and O–H groups in total. The number of hydrogen-bond acceptors (Lipinski definition) is 4. The zero-order chi connectivity index (χ0) is 16.5. The van der Waals surface area contributed by atoms with Crippen LogP contribution in [-0.2, 0) is 7.05 Å². The number of fused-ring (bicyclic) bond motifs is 1. The maximum absolute atomic E-state index is 4.77. The summed E-state index contributed by atoms with van der Waals surface area (Å²) in [5.74, 6) is 2.14. The van der Waals surface area contributed by atoms with Crippen molar-refractivity contribution in [1.29, 1.82) is 0 Å². The molecule has 1 atom stereocenters. The molecule has 24 heavy (non-hydrogen) atoms. The third-order valence-corrected chi connectivity index (χ3v) is 5.92. The predicted octanol–water partition coefficient (Wildman–Crippen LogP) is 4.49. The number of aryl methyl sites for hydroxylation is 1. The van der Waals surface area contributed by atoms with Crippen LogP contribution in [0.2, 0.25) is 0 Å². The van der Waals surface area contributed by atoms with Crippen molar-refractivity contribution in [3.63, 3.8) is 0 Å². The lowest BCUT2D eigenvalue weighted by molar-refractivity contribution is 0.773. The molecule has 6 heteroatoms. The van der Waals surface area contributed by atoms with Crippen molar-refractivity contribution in [3.05, 3.63) is 64.3 Å². The first kappa shape index (κ1) is 15.7. The predicted molar refractivity (Wildman–Crippen MR) is 103 cm³/mol. The molecule has 0 saturated heterocycles. The van der Waals surface area contributed by atoms with Crippen molar-refractivity contribution in [3.8, 4) is 11.4 Å². The Morgan fingerprint density at radius 2 is 2.04 bits per heavy atom. The minimum absolute atomic E-state index is 0.244. The van der Waals surface area contributed by atoms with E-state index >= 15 is 0 Å². The van der Waals surface area contributed by atoms with Crippen LogP contribution in [0.25, 0.3) is 11.4 Å². The molecule has 3 heterocycles. The Hall–Kier alpha value is -1.79. The lowest BCUT2D eigenvalue weighted by atomic mass is 10.0. The maximum Gasteiger partial charge on any atom is 0.129 e. The molecule has 3 aromatic rings. The summed E-state index contributed by atoms with van der Waals surface area (Å²) in [5.41, 5.74) is 4.39. The van der Waals surface area contributed by atoms with Crippen molar-refractivity contribution < 1.29 is 0 Å². The number of thioether (sulfide) groups is 1. The molecule has 1 unspecified atom stereocenters.